The van der Waals surface area contributed by atoms with Crippen LogP contribution in [-0.4, -0.2) is 24.3 Å². The number of halogens is 1. The molecule has 3 rings (SSSR count). The van der Waals surface area contributed by atoms with Crippen LogP contribution in [-0.2, 0) is 4.79 Å². The Morgan fingerprint density at radius 1 is 1.09 bits per heavy atom. The van der Waals surface area contributed by atoms with Crippen LogP contribution in [0.1, 0.15) is 29.8 Å². The molecule has 1 heterocycles. The molecular formula is C18H16ClNO3. The number of carbonyl (C=O) groups excluding carboxylic acids is 2. The molecule has 1 aliphatic rings. The van der Waals surface area contributed by atoms with Crippen molar-refractivity contribution >= 4 is 29.0 Å². The molecule has 4 nitrogen and oxygen atoms in total. The van der Waals surface area contributed by atoms with E-state index >= 15 is 0 Å². The number of carbonyl (C=O) groups is 2. The molecule has 5 heteroatoms. The van der Waals surface area contributed by atoms with E-state index in [4.69, 9.17) is 16.3 Å². The largest absolute Gasteiger partial charge is 0.476 e. The molecule has 0 aliphatic carbocycles. The van der Waals surface area contributed by atoms with Gasteiger partial charge in [-0.25, -0.2) is 0 Å². The molecule has 0 saturated heterocycles. The Hall–Kier alpha value is -2.33. The Bertz CT molecular complexity index is 796. The van der Waals surface area contributed by atoms with Crippen molar-refractivity contribution in [1.82, 2.24) is 0 Å². The van der Waals surface area contributed by atoms with Crippen molar-refractivity contribution in [3.8, 4) is 5.75 Å². The van der Waals surface area contributed by atoms with E-state index in [0.29, 0.717) is 27.6 Å². The van der Waals surface area contributed by atoms with Crippen LogP contribution in [0.3, 0.4) is 0 Å². The van der Waals surface area contributed by atoms with E-state index in [1.807, 2.05) is 0 Å². The lowest BCUT2D eigenvalue weighted by molar-refractivity contribution is -0.132. The highest BCUT2D eigenvalue weighted by Crippen LogP contribution is 2.37. The number of likely N-dealkylation sites (N-methyl/N-ethyl adjacent to an activating group) is 1. The van der Waals surface area contributed by atoms with Crippen molar-refractivity contribution in [2.24, 2.45) is 0 Å². The van der Waals surface area contributed by atoms with Crippen LogP contribution in [0.4, 0.5) is 5.69 Å². The molecule has 23 heavy (non-hydrogen) atoms. The zero-order valence-electron chi connectivity index (χ0n) is 13.1. The summed E-state index contributed by atoms with van der Waals surface area (Å²) in [4.78, 5) is 26.3. The summed E-state index contributed by atoms with van der Waals surface area (Å²) in [6.45, 7) is 3.42. The van der Waals surface area contributed by atoms with Crippen molar-refractivity contribution in [3.63, 3.8) is 0 Å². The first kappa shape index (κ1) is 15.6. The summed E-state index contributed by atoms with van der Waals surface area (Å²) in [5, 5.41) is 0.581. The lowest BCUT2D eigenvalue weighted by Gasteiger charge is -2.37. The summed E-state index contributed by atoms with van der Waals surface area (Å²) in [6.07, 6.45) is 0. The maximum atomic E-state index is 12.6. The number of hydrogen-bond acceptors (Lipinski definition) is 3. The predicted molar refractivity (Wildman–Crippen MR) is 89.4 cm³/mol. The van der Waals surface area contributed by atoms with Gasteiger partial charge in [-0.1, -0.05) is 11.6 Å². The summed E-state index contributed by atoms with van der Waals surface area (Å²) in [7, 11) is 1.70. The molecular weight excluding hydrogens is 314 g/mol. The summed E-state index contributed by atoms with van der Waals surface area (Å²) in [6, 6.07) is 11.8. The second-order valence-corrected chi connectivity index (χ2v) is 6.43. The first-order valence-electron chi connectivity index (χ1n) is 7.21. The van der Waals surface area contributed by atoms with Crippen LogP contribution in [0.5, 0.6) is 5.75 Å². The Kier molecular flexibility index (Phi) is 3.65. The monoisotopic (exact) mass is 329 g/mol. The Morgan fingerprint density at radius 2 is 1.70 bits per heavy atom. The van der Waals surface area contributed by atoms with Gasteiger partial charge in [-0.2, -0.15) is 0 Å². The third-order valence-electron chi connectivity index (χ3n) is 3.87. The smallest absolute Gasteiger partial charge is 0.270 e. The third-order valence-corrected chi connectivity index (χ3v) is 4.13. The molecule has 0 radical (unpaired) electrons. The molecule has 0 atom stereocenters. The maximum Gasteiger partial charge on any atom is 0.270 e. The van der Waals surface area contributed by atoms with Gasteiger partial charge in [0.15, 0.2) is 11.4 Å². The summed E-state index contributed by atoms with van der Waals surface area (Å²) < 4.78 is 5.78. The van der Waals surface area contributed by atoms with Gasteiger partial charge in [0.25, 0.3) is 5.91 Å². The van der Waals surface area contributed by atoms with Crippen LogP contribution in [0.2, 0.25) is 5.02 Å². The van der Waals surface area contributed by atoms with Gasteiger partial charge in [-0.15, -0.1) is 0 Å². The predicted octanol–water partition coefficient (Wildman–Crippen LogP) is 3.70. The minimum Gasteiger partial charge on any atom is -0.476 e. The number of anilines is 1. The van der Waals surface area contributed by atoms with E-state index in [1.165, 1.54) is 0 Å². The number of rotatable bonds is 2. The van der Waals surface area contributed by atoms with Gasteiger partial charge in [0.2, 0.25) is 0 Å². The quantitative estimate of drug-likeness (QED) is 0.789. The topological polar surface area (TPSA) is 46.6 Å². The number of hydrogen-bond donors (Lipinski definition) is 0. The number of fused-ring (bicyclic) bond motifs is 1. The second-order valence-electron chi connectivity index (χ2n) is 6.00. The van der Waals surface area contributed by atoms with Gasteiger partial charge in [-0.05, 0) is 56.3 Å². The highest BCUT2D eigenvalue weighted by Gasteiger charge is 2.39. The van der Waals surface area contributed by atoms with E-state index in [9.17, 15) is 9.59 Å². The van der Waals surface area contributed by atoms with Crippen molar-refractivity contribution in [3.05, 3.63) is 58.6 Å². The zero-order valence-corrected chi connectivity index (χ0v) is 13.8. The zero-order chi connectivity index (χ0) is 16.8. The van der Waals surface area contributed by atoms with E-state index < -0.39 is 5.60 Å². The van der Waals surface area contributed by atoms with E-state index in [2.05, 4.69) is 0 Å². The molecule has 0 bridgehead atoms. The van der Waals surface area contributed by atoms with Crippen molar-refractivity contribution in [2.45, 2.75) is 19.4 Å². The molecule has 0 saturated carbocycles. The van der Waals surface area contributed by atoms with Gasteiger partial charge in [0.1, 0.15) is 5.75 Å². The Labute approximate surface area is 139 Å². The fraction of sp³-hybridized carbons (Fsp3) is 0.222. The van der Waals surface area contributed by atoms with Gasteiger partial charge in [0, 0.05) is 23.2 Å². The fourth-order valence-electron chi connectivity index (χ4n) is 2.61. The van der Waals surface area contributed by atoms with Crippen molar-refractivity contribution in [2.75, 3.05) is 11.9 Å². The first-order valence-corrected chi connectivity index (χ1v) is 7.59. The normalized spacial score (nSPS) is 15.8. The summed E-state index contributed by atoms with van der Waals surface area (Å²) in [5.74, 6) is 0.282. The van der Waals surface area contributed by atoms with Crippen molar-refractivity contribution in [1.29, 1.82) is 0 Å². The molecule has 0 spiro atoms. The molecule has 118 valence electrons. The second kappa shape index (κ2) is 5.39. The SMILES string of the molecule is CN1C(=O)C(C)(C)Oc2cc(C(=O)c3ccc(Cl)cc3)ccc21. The summed E-state index contributed by atoms with van der Waals surface area (Å²) in [5.41, 5.74) is 0.754. The highest BCUT2D eigenvalue weighted by molar-refractivity contribution is 6.30. The summed E-state index contributed by atoms with van der Waals surface area (Å²) >= 11 is 5.85. The maximum absolute atomic E-state index is 12.6. The fourth-order valence-corrected chi connectivity index (χ4v) is 2.74. The molecule has 0 fully saturated rings. The molecule has 2 aromatic carbocycles. The lowest BCUT2D eigenvalue weighted by Crippen LogP contribution is -2.50. The first-order chi connectivity index (χ1) is 10.8. The molecule has 1 amide bonds. The van der Waals surface area contributed by atoms with Crippen LogP contribution in [0.25, 0.3) is 0 Å². The van der Waals surface area contributed by atoms with Crippen LogP contribution in [0, 0.1) is 0 Å². The highest BCUT2D eigenvalue weighted by atomic mass is 35.5. The van der Waals surface area contributed by atoms with E-state index in [0.717, 1.165) is 0 Å². The Balaban J connectivity index is 2.00. The van der Waals surface area contributed by atoms with E-state index in [-0.39, 0.29) is 11.7 Å². The third kappa shape index (κ3) is 2.70. The molecule has 2 aromatic rings. The minimum atomic E-state index is -0.955. The number of benzene rings is 2. The van der Waals surface area contributed by atoms with Gasteiger partial charge in [0.05, 0.1) is 5.69 Å². The van der Waals surface area contributed by atoms with Crippen LogP contribution < -0.4 is 9.64 Å². The van der Waals surface area contributed by atoms with Gasteiger partial charge in [-0.3, -0.25) is 9.59 Å². The molecule has 0 aromatic heterocycles. The van der Waals surface area contributed by atoms with Crippen LogP contribution in [0.15, 0.2) is 42.5 Å². The average molecular weight is 330 g/mol. The number of ketones is 1. The van der Waals surface area contributed by atoms with Crippen molar-refractivity contribution < 1.29 is 14.3 Å². The molecule has 0 N–H and O–H groups in total. The van der Waals surface area contributed by atoms with E-state index in [1.54, 1.807) is 68.3 Å². The minimum absolute atomic E-state index is 0.120. The molecule has 1 aliphatic heterocycles. The van der Waals surface area contributed by atoms with Gasteiger partial charge >= 0.3 is 0 Å². The Morgan fingerprint density at radius 3 is 2.35 bits per heavy atom. The number of nitrogens with zero attached hydrogens (tertiary/aromatic N) is 1. The molecule has 0 unspecified atom stereocenters. The standard InChI is InChI=1S/C18H16ClNO3/c1-18(2)17(22)20(3)14-9-6-12(10-15(14)23-18)16(21)11-4-7-13(19)8-5-11/h4-10H,1-3H3. The number of ether oxygens (including phenoxy) is 1. The average Bonchev–Trinajstić information content (AvgIpc) is 2.52. The van der Waals surface area contributed by atoms with Crippen LogP contribution >= 0.6 is 11.6 Å². The number of amides is 1. The van der Waals surface area contributed by atoms with Gasteiger partial charge < -0.3 is 9.64 Å². The lowest BCUT2D eigenvalue weighted by atomic mass is 10.00.